The van der Waals surface area contributed by atoms with Gasteiger partial charge in [-0.25, -0.2) is 13.6 Å². The van der Waals surface area contributed by atoms with Gasteiger partial charge in [-0.1, -0.05) is 0 Å². The zero-order valence-electron chi connectivity index (χ0n) is 14.2. The summed E-state index contributed by atoms with van der Waals surface area (Å²) in [5.74, 6) is -4.05. The lowest BCUT2D eigenvalue weighted by atomic mass is 10.0. The molecule has 2 aromatic heterocycles. The van der Waals surface area contributed by atoms with Gasteiger partial charge in [0.15, 0.2) is 0 Å². The molecule has 1 aromatic carbocycles. The van der Waals surface area contributed by atoms with Gasteiger partial charge in [-0.3, -0.25) is 14.0 Å². The van der Waals surface area contributed by atoms with Crippen molar-refractivity contribution in [1.82, 2.24) is 9.38 Å². The summed E-state index contributed by atoms with van der Waals surface area (Å²) in [6, 6.07) is 3.68. The number of nitrogens with zero attached hydrogens (tertiary/aromatic N) is 1. The van der Waals surface area contributed by atoms with E-state index in [-0.39, 0.29) is 29.1 Å². The fraction of sp³-hybridized carbons (Fsp3) is 0.167. The van der Waals surface area contributed by atoms with E-state index in [0.29, 0.717) is 6.07 Å². The van der Waals surface area contributed by atoms with E-state index in [4.69, 9.17) is 4.74 Å². The van der Waals surface area contributed by atoms with E-state index in [2.05, 4.69) is 4.98 Å². The summed E-state index contributed by atoms with van der Waals surface area (Å²) in [7, 11) is 0. The molecule has 6 nitrogen and oxygen atoms in total. The SMILES string of the molecule is CCOC(=O)c1cc(-c2ccc(F)cc2F)c2[nH]c(=O)c(F)c(C)n2c1=O. The highest BCUT2D eigenvalue weighted by atomic mass is 19.1. The third-order valence-corrected chi connectivity index (χ3v) is 4.00. The van der Waals surface area contributed by atoms with Crippen LogP contribution >= 0.6 is 0 Å². The molecule has 0 amide bonds. The van der Waals surface area contributed by atoms with Crippen LogP contribution in [-0.2, 0) is 4.74 Å². The van der Waals surface area contributed by atoms with Gasteiger partial charge in [0.1, 0.15) is 22.8 Å². The second-order valence-corrected chi connectivity index (χ2v) is 5.66. The fourth-order valence-corrected chi connectivity index (χ4v) is 2.75. The van der Waals surface area contributed by atoms with E-state index < -0.39 is 40.1 Å². The van der Waals surface area contributed by atoms with Crippen molar-refractivity contribution in [2.75, 3.05) is 6.61 Å². The van der Waals surface area contributed by atoms with E-state index in [1.54, 1.807) is 0 Å². The number of aromatic amines is 1. The van der Waals surface area contributed by atoms with Crippen molar-refractivity contribution in [3.05, 3.63) is 73.7 Å². The normalized spacial score (nSPS) is 11.0. The van der Waals surface area contributed by atoms with E-state index in [9.17, 15) is 27.6 Å². The molecular weight excluding hydrogens is 365 g/mol. The first-order chi connectivity index (χ1) is 12.8. The van der Waals surface area contributed by atoms with E-state index in [0.717, 1.165) is 22.6 Å². The Kier molecular flexibility index (Phi) is 4.61. The van der Waals surface area contributed by atoms with E-state index in [1.165, 1.54) is 13.8 Å². The Morgan fingerprint density at radius 3 is 2.48 bits per heavy atom. The number of hydrogen-bond donors (Lipinski definition) is 1. The number of aromatic nitrogens is 2. The molecule has 140 valence electrons. The molecule has 27 heavy (non-hydrogen) atoms. The summed E-state index contributed by atoms with van der Waals surface area (Å²) in [4.78, 5) is 38.8. The molecule has 0 spiro atoms. The van der Waals surface area contributed by atoms with Crippen molar-refractivity contribution in [2.24, 2.45) is 0 Å². The van der Waals surface area contributed by atoms with Gasteiger partial charge < -0.3 is 9.72 Å². The molecule has 1 N–H and O–H groups in total. The summed E-state index contributed by atoms with van der Waals surface area (Å²) in [6.45, 7) is 2.67. The fourth-order valence-electron chi connectivity index (χ4n) is 2.75. The predicted octanol–water partition coefficient (Wildman–Crippen LogP) is 2.56. The summed E-state index contributed by atoms with van der Waals surface area (Å²) in [5.41, 5.74) is -3.45. The Balaban J connectivity index is 2.52. The quantitative estimate of drug-likeness (QED) is 0.711. The maximum absolute atomic E-state index is 14.3. The number of benzene rings is 1. The number of pyridine rings is 1. The summed E-state index contributed by atoms with van der Waals surface area (Å²) in [5, 5.41) is 0. The number of carbonyl (C=O) groups is 1. The summed E-state index contributed by atoms with van der Waals surface area (Å²) in [6.07, 6.45) is 0. The molecule has 0 bridgehead atoms. The Morgan fingerprint density at radius 1 is 1.15 bits per heavy atom. The first-order valence-corrected chi connectivity index (χ1v) is 7.87. The molecule has 3 aromatic rings. The van der Waals surface area contributed by atoms with Gasteiger partial charge in [0.05, 0.1) is 12.3 Å². The molecule has 0 aliphatic rings. The van der Waals surface area contributed by atoms with Crippen molar-refractivity contribution in [2.45, 2.75) is 13.8 Å². The predicted molar refractivity (Wildman–Crippen MR) is 90.3 cm³/mol. The van der Waals surface area contributed by atoms with Gasteiger partial charge in [0.2, 0.25) is 5.82 Å². The topological polar surface area (TPSA) is 80.6 Å². The Morgan fingerprint density at radius 2 is 1.85 bits per heavy atom. The number of H-pyrrole nitrogens is 1. The average molecular weight is 378 g/mol. The molecule has 0 saturated carbocycles. The Hall–Kier alpha value is -3.36. The first kappa shape index (κ1) is 18.4. The van der Waals surface area contributed by atoms with Gasteiger partial charge in [0.25, 0.3) is 11.1 Å². The number of ether oxygens (including phenoxy) is 1. The number of fused-ring (bicyclic) bond motifs is 1. The molecule has 0 aliphatic heterocycles. The van der Waals surface area contributed by atoms with E-state index in [1.807, 2.05) is 0 Å². The minimum atomic E-state index is -1.23. The molecule has 3 rings (SSSR count). The monoisotopic (exact) mass is 378 g/mol. The molecule has 0 radical (unpaired) electrons. The highest BCUT2D eigenvalue weighted by molar-refractivity contribution is 5.93. The number of rotatable bonds is 3. The van der Waals surface area contributed by atoms with Crippen LogP contribution in [0.3, 0.4) is 0 Å². The van der Waals surface area contributed by atoms with Gasteiger partial charge in [0, 0.05) is 17.2 Å². The van der Waals surface area contributed by atoms with Gasteiger partial charge in [-0.15, -0.1) is 0 Å². The maximum atomic E-state index is 14.3. The first-order valence-electron chi connectivity index (χ1n) is 7.87. The molecule has 0 saturated heterocycles. The lowest BCUT2D eigenvalue weighted by Crippen LogP contribution is -2.29. The van der Waals surface area contributed by atoms with Crippen LogP contribution < -0.4 is 11.1 Å². The van der Waals surface area contributed by atoms with Crippen molar-refractivity contribution < 1.29 is 22.7 Å². The number of aryl methyl sites for hydroxylation is 1. The summed E-state index contributed by atoms with van der Waals surface area (Å²) < 4.78 is 47.2. The molecular formula is C18H13F3N2O4. The van der Waals surface area contributed by atoms with Crippen LogP contribution in [0.5, 0.6) is 0 Å². The lowest BCUT2D eigenvalue weighted by Gasteiger charge is -2.13. The van der Waals surface area contributed by atoms with Crippen molar-refractivity contribution in [1.29, 1.82) is 0 Å². The zero-order valence-corrected chi connectivity index (χ0v) is 14.2. The van der Waals surface area contributed by atoms with Crippen LogP contribution in [0, 0.1) is 24.4 Å². The van der Waals surface area contributed by atoms with E-state index >= 15 is 0 Å². The highest BCUT2D eigenvalue weighted by Gasteiger charge is 2.22. The molecule has 0 fully saturated rings. The van der Waals surface area contributed by atoms with Crippen LogP contribution in [0.1, 0.15) is 23.0 Å². The van der Waals surface area contributed by atoms with Crippen LogP contribution in [-0.4, -0.2) is 22.0 Å². The molecule has 0 unspecified atom stereocenters. The second kappa shape index (κ2) is 6.75. The Labute approximate surface area is 149 Å². The van der Waals surface area contributed by atoms with Crippen LogP contribution in [0.2, 0.25) is 0 Å². The summed E-state index contributed by atoms with van der Waals surface area (Å²) >= 11 is 0. The van der Waals surface area contributed by atoms with Crippen LogP contribution in [0.4, 0.5) is 13.2 Å². The number of nitrogens with one attached hydrogen (secondary N) is 1. The largest absolute Gasteiger partial charge is 0.462 e. The highest BCUT2D eigenvalue weighted by Crippen LogP contribution is 2.27. The maximum Gasteiger partial charge on any atom is 0.343 e. The molecule has 0 aliphatic carbocycles. The van der Waals surface area contributed by atoms with Crippen LogP contribution in [0.25, 0.3) is 16.8 Å². The Bertz CT molecular complexity index is 1200. The molecule has 0 atom stereocenters. The van der Waals surface area contributed by atoms with Crippen molar-refractivity contribution in [3.8, 4) is 11.1 Å². The molecule has 9 heteroatoms. The zero-order chi connectivity index (χ0) is 19.9. The van der Waals surface area contributed by atoms with Crippen molar-refractivity contribution >= 4 is 11.6 Å². The smallest absolute Gasteiger partial charge is 0.343 e. The minimum Gasteiger partial charge on any atom is -0.462 e. The lowest BCUT2D eigenvalue weighted by molar-refractivity contribution is 0.0524. The number of halogens is 3. The third kappa shape index (κ3) is 3.01. The number of hydrogen-bond acceptors (Lipinski definition) is 4. The average Bonchev–Trinajstić information content (AvgIpc) is 2.60. The number of carbonyl (C=O) groups excluding carboxylic acids is 1. The van der Waals surface area contributed by atoms with Gasteiger partial charge in [-0.2, -0.15) is 4.39 Å². The second-order valence-electron chi connectivity index (χ2n) is 5.66. The standard InChI is InChI=1S/C18H13F3N2O4/c1-3-27-18(26)12-7-11(10-5-4-9(19)6-13(10)20)15-22-16(24)14(21)8(2)23(15)17(12)25/h4-7H,3H2,1-2H3,(H,22,24). The number of esters is 1. The van der Waals surface area contributed by atoms with Gasteiger partial charge in [-0.05, 0) is 32.0 Å². The van der Waals surface area contributed by atoms with Gasteiger partial charge >= 0.3 is 5.97 Å². The molecule has 2 heterocycles. The van der Waals surface area contributed by atoms with Crippen LogP contribution in [0.15, 0.2) is 33.9 Å². The minimum absolute atomic E-state index is 0.0276. The third-order valence-electron chi connectivity index (χ3n) is 4.00. The van der Waals surface area contributed by atoms with Crippen molar-refractivity contribution in [3.63, 3.8) is 0 Å².